The van der Waals surface area contributed by atoms with E-state index in [1.807, 2.05) is 27.8 Å². The van der Waals surface area contributed by atoms with Gasteiger partial charge < -0.3 is 25.0 Å². The highest BCUT2D eigenvalue weighted by atomic mass is 16.6. The molecule has 7 heteroatoms. The third-order valence-electron chi connectivity index (χ3n) is 3.63. The largest absolute Gasteiger partial charge is 0.444 e. The van der Waals surface area contributed by atoms with Crippen LogP contribution in [0.4, 0.5) is 4.79 Å². The predicted molar refractivity (Wildman–Crippen MR) is 88.3 cm³/mol. The summed E-state index contributed by atoms with van der Waals surface area (Å²) in [6.07, 6.45) is 2.03. The molecule has 2 amide bonds. The summed E-state index contributed by atoms with van der Waals surface area (Å²) < 4.78 is 10.4. The number of ether oxygens (including phenoxy) is 2. The van der Waals surface area contributed by atoms with Crippen molar-refractivity contribution in [2.75, 3.05) is 33.9 Å². The van der Waals surface area contributed by atoms with Crippen LogP contribution in [-0.4, -0.2) is 68.4 Å². The van der Waals surface area contributed by atoms with Crippen LogP contribution in [0.15, 0.2) is 0 Å². The summed E-state index contributed by atoms with van der Waals surface area (Å²) >= 11 is 0. The van der Waals surface area contributed by atoms with E-state index >= 15 is 0 Å². The van der Waals surface area contributed by atoms with E-state index in [2.05, 4.69) is 10.6 Å². The maximum Gasteiger partial charge on any atom is 0.407 e. The van der Waals surface area contributed by atoms with Crippen LogP contribution in [0.25, 0.3) is 0 Å². The number of amides is 2. The fourth-order valence-electron chi connectivity index (χ4n) is 2.53. The second-order valence-corrected chi connectivity index (χ2v) is 6.99. The molecule has 23 heavy (non-hydrogen) atoms. The number of likely N-dealkylation sites (N-methyl/N-ethyl adjacent to an activating group) is 1. The van der Waals surface area contributed by atoms with Crippen LogP contribution in [0.3, 0.4) is 0 Å². The van der Waals surface area contributed by atoms with Gasteiger partial charge in [-0.1, -0.05) is 0 Å². The summed E-state index contributed by atoms with van der Waals surface area (Å²) in [4.78, 5) is 25.3. The minimum absolute atomic E-state index is 0.0980. The Morgan fingerprint density at radius 3 is 2.65 bits per heavy atom. The van der Waals surface area contributed by atoms with Crippen LogP contribution < -0.4 is 10.6 Å². The maximum atomic E-state index is 11.9. The van der Waals surface area contributed by atoms with Gasteiger partial charge in [-0.25, -0.2) is 4.79 Å². The lowest BCUT2D eigenvalue weighted by Crippen LogP contribution is -2.45. The lowest BCUT2D eigenvalue weighted by Gasteiger charge is -2.22. The molecule has 2 atom stereocenters. The molecule has 0 spiro atoms. The summed E-state index contributed by atoms with van der Waals surface area (Å²) in [6, 6.07) is -0.0279. The molecule has 0 bridgehead atoms. The zero-order valence-electron chi connectivity index (χ0n) is 15.0. The van der Waals surface area contributed by atoms with Crippen LogP contribution in [0.1, 0.15) is 40.0 Å². The third kappa shape index (κ3) is 7.65. The van der Waals surface area contributed by atoms with Gasteiger partial charge >= 0.3 is 6.09 Å². The van der Waals surface area contributed by atoms with Gasteiger partial charge in [-0.05, 0) is 40.0 Å². The molecule has 0 saturated carbocycles. The van der Waals surface area contributed by atoms with Crippen molar-refractivity contribution in [1.29, 1.82) is 0 Å². The highest BCUT2D eigenvalue weighted by Crippen LogP contribution is 2.11. The van der Waals surface area contributed by atoms with Gasteiger partial charge in [0.2, 0.25) is 5.91 Å². The molecule has 1 aliphatic heterocycles. The van der Waals surface area contributed by atoms with Crippen molar-refractivity contribution in [1.82, 2.24) is 15.5 Å². The molecule has 0 aromatic rings. The molecule has 2 unspecified atom stereocenters. The average Bonchev–Trinajstić information content (AvgIpc) is 2.74. The van der Waals surface area contributed by atoms with E-state index in [9.17, 15) is 9.59 Å². The van der Waals surface area contributed by atoms with E-state index in [1.54, 1.807) is 12.0 Å². The van der Waals surface area contributed by atoms with Gasteiger partial charge in [0, 0.05) is 33.3 Å². The van der Waals surface area contributed by atoms with Crippen molar-refractivity contribution in [2.24, 2.45) is 0 Å². The SMILES string of the molecule is COCC(CCCNC(=O)OC(C)(C)C)NC1CCN(C)C1=O. The molecule has 7 nitrogen and oxygen atoms in total. The van der Waals surface area contributed by atoms with Crippen molar-refractivity contribution in [3.05, 3.63) is 0 Å². The second-order valence-electron chi connectivity index (χ2n) is 6.99. The summed E-state index contributed by atoms with van der Waals surface area (Å²) in [5, 5.41) is 6.10. The minimum Gasteiger partial charge on any atom is -0.444 e. The molecule has 1 aliphatic rings. The fraction of sp³-hybridized carbons (Fsp3) is 0.875. The number of methoxy groups -OCH3 is 1. The summed E-state index contributed by atoms with van der Waals surface area (Å²) in [5.74, 6) is 0.137. The van der Waals surface area contributed by atoms with Crippen molar-refractivity contribution in [3.8, 4) is 0 Å². The molecule has 0 aromatic carbocycles. The van der Waals surface area contributed by atoms with Gasteiger partial charge in [-0.3, -0.25) is 4.79 Å². The first-order chi connectivity index (χ1) is 10.7. The normalized spacial score (nSPS) is 19.8. The molecule has 2 N–H and O–H groups in total. The molecule has 1 saturated heterocycles. The molecular weight excluding hydrogens is 298 g/mol. The monoisotopic (exact) mass is 329 g/mol. The smallest absolute Gasteiger partial charge is 0.407 e. The van der Waals surface area contributed by atoms with Gasteiger partial charge in [0.25, 0.3) is 0 Å². The number of likely N-dealkylation sites (tertiary alicyclic amines) is 1. The van der Waals surface area contributed by atoms with Gasteiger partial charge in [0.05, 0.1) is 12.6 Å². The molecule has 1 heterocycles. The zero-order valence-corrected chi connectivity index (χ0v) is 15.0. The van der Waals surface area contributed by atoms with Crippen LogP contribution >= 0.6 is 0 Å². The Kier molecular flexibility index (Phi) is 7.78. The van der Waals surface area contributed by atoms with Crippen molar-refractivity contribution in [3.63, 3.8) is 0 Å². The first kappa shape index (κ1) is 19.7. The van der Waals surface area contributed by atoms with Crippen LogP contribution in [0.5, 0.6) is 0 Å². The molecule has 134 valence electrons. The van der Waals surface area contributed by atoms with Gasteiger partial charge in [0.1, 0.15) is 5.60 Å². The Hall–Kier alpha value is -1.34. The standard InChI is InChI=1S/C16H31N3O4/c1-16(2,3)23-15(21)17-9-6-7-12(11-22-5)18-13-8-10-19(4)14(13)20/h12-13,18H,6-11H2,1-5H3,(H,17,21). The lowest BCUT2D eigenvalue weighted by molar-refractivity contribution is -0.128. The topological polar surface area (TPSA) is 79.9 Å². The molecule has 0 aromatic heterocycles. The second kappa shape index (κ2) is 9.08. The third-order valence-corrected chi connectivity index (χ3v) is 3.63. The van der Waals surface area contributed by atoms with Crippen molar-refractivity contribution < 1.29 is 19.1 Å². The maximum absolute atomic E-state index is 11.9. The zero-order chi connectivity index (χ0) is 17.5. The first-order valence-electron chi connectivity index (χ1n) is 8.19. The molecule has 1 fully saturated rings. The highest BCUT2D eigenvalue weighted by molar-refractivity contribution is 5.83. The van der Waals surface area contributed by atoms with Crippen LogP contribution in [0, 0.1) is 0 Å². The van der Waals surface area contributed by atoms with Gasteiger partial charge in [-0.2, -0.15) is 0 Å². The number of rotatable bonds is 8. The Bertz CT molecular complexity index is 395. The summed E-state index contributed by atoms with van der Waals surface area (Å²) in [6.45, 7) is 7.37. The quantitative estimate of drug-likeness (QED) is 0.653. The van der Waals surface area contributed by atoms with E-state index in [0.29, 0.717) is 13.2 Å². The molecule has 0 aliphatic carbocycles. The van der Waals surface area contributed by atoms with E-state index in [4.69, 9.17) is 9.47 Å². The highest BCUT2D eigenvalue weighted by Gasteiger charge is 2.30. The summed E-state index contributed by atoms with van der Waals surface area (Å²) in [5.41, 5.74) is -0.487. The van der Waals surface area contributed by atoms with Crippen LogP contribution in [-0.2, 0) is 14.3 Å². The molecule has 0 radical (unpaired) electrons. The number of carbonyl (C=O) groups is 2. The van der Waals surface area contributed by atoms with E-state index in [1.165, 1.54) is 0 Å². The number of hydrogen-bond acceptors (Lipinski definition) is 5. The first-order valence-corrected chi connectivity index (χ1v) is 8.19. The fourth-order valence-corrected chi connectivity index (χ4v) is 2.53. The van der Waals surface area contributed by atoms with E-state index < -0.39 is 11.7 Å². The molecular formula is C16H31N3O4. The van der Waals surface area contributed by atoms with Crippen molar-refractivity contribution in [2.45, 2.75) is 57.7 Å². The Balaban J connectivity index is 2.28. The Morgan fingerprint density at radius 1 is 1.43 bits per heavy atom. The van der Waals surface area contributed by atoms with E-state index in [-0.39, 0.29) is 18.0 Å². The number of nitrogens with zero attached hydrogens (tertiary/aromatic N) is 1. The Labute approximate surface area is 139 Å². The Morgan fingerprint density at radius 2 is 2.13 bits per heavy atom. The predicted octanol–water partition coefficient (Wildman–Crippen LogP) is 1.13. The summed E-state index contributed by atoms with van der Waals surface area (Å²) in [7, 11) is 3.47. The minimum atomic E-state index is -0.487. The molecule has 1 rings (SSSR count). The number of hydrogen-bond donors (Lipinski definition) is 2. The lowest BCUT2D eigenvalue weighted by atomic mass is 10.1. The van der Waals surface area contributed by atoms with Gasteiger partial charge in [0.15, 0.2) is 0 Å². The van der Waals surface area contributed by atoms with Gasteiger partial charge in [-0.15, -0.1) is 0 Å². The van der Waals surface area contributed by atoms with E-state index in [0.717, 1.165) is 25.8 Å². The number of alkyl carbamates (subject to hydrolysis) is 1. The number of nitrogens with one attached hydrogen (secondary N) is 2. The van der Waals surface area contributed by atoms with Crippen LogP contribution in [0.2, 0.25) is 0 Å². The van der Waals surface area contributed by atoms with Crippen molar-refractivity contribution >= 4 is 12.0 Å². The number of carbonyl (C=O) groups excluding carboxylic acids is 2. The average molecular weight is 329 g/mol.